The molecule has 3 aromatic rings. The van der Waals surface area contributed by atoms with Crippen molar-refractivity contribution in [1.29, 1.82) is 0 Å². The van der Waals surface area contributed by atoms with Crippen LogP contribution in [0.3, 0.4) is 0 Å². The number of ether oxygens (including phenoxy) is 2. The van der Waals surface area contributed by atoms with Crippen LogP contribution in [-0.2, 0) is 15.6 Å². The zero-order valence-electron chi connectivity index (χ0n) is 15.6. The van der Waals surface area contributed by atoms with Gasteiger partial charge >= 0.3 is 0 Å². The maximum Gasteiger partial charge on any atom is 0.199 e. The van der Waals surface area contributed by atoms with E-state index in [-0.39, 0.29) is 22.5 Å². The normalized spacial score (nSPS) is 12.1. The Labute approximate surface area is 163 Å². The summed E-state index contributed by atoms with van der Waals surface area (Å²) in [6, 6.07) is 25.7. The molecule has 3 aromatic carbocycles. The van der Waals surface area contributed by atoms with Crippen molar-refractivity contribution in [3.8, 4) is 5.75 Å². The van der Waals surface area contributed by atoms with Gasteiger partial charge in [0.1, 0.15) is 0 Å². The lowest BCUT2D eigenvalue weighted by Gasteiger charge is -2.18. The van der Waals surface area contributed by atoms with Gasteiger partial charge in [-0.25, -0.2) is 4.39 Å². The molecule has 0 aliphatic heterocycles. The third-order valence-corrected chi connectivity index (χ3v) is 6.25. The lowest BCUT2D eigenvalue weighted by atomic mass is 10.3. The number of halogens is 1. The molecule has 0 radical (unpaired) electrons. The third-order valence-electron chi connectivity index (χ3n) is 4.04. The van der Waals surface area contributed by atoms with Gasteiger partial charge in [-0.15, -0.1) is 0 Å². The van der Waals surface area contributed by atoms with E-state index in [1.54, 1.807) is 6.07 Å². The van der Waals surface area contributed by atoms with Crippen molar-refractivity contribution >= 4 is 10.9 Å². The fourth-order valence-corrected chi connectivity index (χ4v) is 4.89. The Balaban J connectivity index is 2.01. The predicted octanol–water partition coefficient (Wildman–Crippen LogP) is 6.07. The zero-order chi connectivity index (χ0) is 19.1. The minimum Gasteiger partial charge on any atom is -0.462 e. The highest BCUT2D eigenvalue weighted by molar-refractivity contribution is 7.97. The van der Waals surface area contributed by atoms with E-state index in [0.29, 0.717) is 13.0 Å². The summed E-state index contributed by atoms with van der Waals surface area (Å²) in [7, 11) is -0.341. The van der Waals surface area contributed by atoms with E-state index in [2.05, 4.69) is 24.3 Å². The molecule has 0 aliphatic rings. The fourth-order valence-electron chi connectivity index (χ4n) is 2.79. The third kappa shape index (κ3) is 4.90. The van der Waals surface area contributed by atoms with E-state index in [1.807, 2.05) is 56.3 Å². The highest BCUT2D eigenvalue weighted by Gasteiger charge is 2.29. The van der Waals surface area contributed by atoms with E-state index < -0.39 is 6.29 Å². The fraction of sp³-hybridized carbons (Fsp3) is 0.217. The number of hydrogen-bond donors (Lipinski definition) is 0. The minimum absolute atomic E-state index is 0.233. The van der Waals surface area contributed by atoms with Gasteiger partial charge in [0.05, 0.1) is 10.9 Å². The van der Waals surface area contributed by atoms with Crippen molar-refractivity contribution in [2.45, 2.75) is 41.2 Å². The molecule has 0 bridgehead atoms. The van der Waals surface area contributed by atoms with Gasteiger partial charge in [0.25, 0.3) is 0 Å². The van der Waals surface area contributed by atoms with Crippen molar-refractivity contribution in [3.05, 3.63) is 84.7 Å². The van der Waals surface area contributed by atoms with E-state index in [4.69, 9.17) is 9.47 Å². The Morgan fingerprint density at radius 3 is 1.93 bits per heavy atom. The first-order chi connectivity index (χ1) is 13.2. The maximum absolute atomic E-state index is 14.4. The Kier molecular flexibility index (Phi) is 6.91. The smallest absolute Gasteiger partial charge is 0.199 e. The maximum atomic E-state index is 14.4. The monoisotopic (exact) mass is 383 g/mol. The summed E-state index contributed by atoms with van der Waals surface area (Å²) in [6.45, 7) is 4.39. The van der Waals surface area contributed by atoms with Crippen LogP contribution in [0.4, 0.5) is 4.39 Å². The van der Waals surface area contributed by atoms with Crippen LogP contribution in [-0.4, -0.2) is 12.9 Å². The Morgan fingerprint density at radius 2 is 1.41 bits per heavy atom. The van der Waals surface area contributed by atoms with Crippen LogP contribution in [0.1, 0.15) is 20.3 Å². The molecule has 0 aliphatic carbocycles. The lowest BCUT2D eigenvalue weighted by molar-refractivity contribution is -0.0784. The molecule has 0 aromatic heterocycles. The summed E-state index contributed by atoms with van der Waals surface area (Å²) < 4.78 is 25.7. The average molecular weight is 384 g/mol. The summed E-state index contributed by atoms with van der Waals surface area (Å²) >= 11 is 0. The van der Waals surface area contributed by atoms with Gasteiger partial charge in [-0.2, -0.15) is 0 Å². The van der Waals surface area contributed by atoms with Crippen LogP contribution in [0.2, 0.25) is 0 Å². The molecule has 0 fully saturated rings. The van der Waals surface area contributed by atoms with Crippen molar-refractivity contribution in [3.63, 3.8) is 0 Å². The first-order valence-electron chi connectivity index (χ1n) is 9.15. The molecule has 2 nitrogen and oxygen atoms in total. The second-order valence-corrected chi connectivity index (χ2v) is 7.96. The molecule has 3 rings (SSSR count). The van der Waals surface area contributed by atoms with Gasteiger partial charge in [-0.1, -0.05) is 43.3 Å². The van der Waals surface area contributed by atoms with E-state index >= 15 is 0 Å². The molecular formula is C23H24FO2S+. The summed E-state index contributed by atoms with van der Waals surface area (Å²) in [6.07, 6.45) is 0.204. The van der Waals surface area contributed by atoms with Crippen LogP contribution in [0.25, 0.3) is 0 Å². The highest BCUT2D eigenvalue weighted by atomic mass is 32.2. The molecule has 4 heteroatoms. The highest BCUT2D eigenvalue weighted by Crippen LogP contribution is 2.34. The first-order valence-corrected chi connectivity index (χ1v) is 10.4. The van der Waals surface area contributed by atoms with Gasteiger partial charge < -0.3 is 9.47 Å². The van der Waals surface area contributed by atoms with Crippen molar-refractivity contribution in [2.75, 3.05) is 6.61 Å². The molecule has 0 saturated carbocycles. The topological polar surface area (TPSA) is 18.5 Å². The number of hydrogen-bond acceptors (Lipinski definition) is 2. The largest absolute Gasteiger partial charge is 0.462 e. The van der Waals surface area contributed by atoms with Crippen molar-refractivity contribution in [1.82, 2.24) is 0 Å². The molecule has 0 spiro atoms. The molecule has 1 unspecified atom stereocenters. The summed E-state index contributed by atoms with van der Waals surface area (Å²) in [5, 5.41) is 0. The second-order valence-electron chi connectivity index (χ2n) is 5.94. The SMILES string of the molecule is CCOC(CC)Oc1cc([S+](c2ccccc2)c2ccccc2)ccc1F. The van der Waals surface area contributed by atoms with Gasteiger partial charge in [-0.3, -0.25) is 0 Å². The van der Waals surface area contributed by atoms with E-state index in [9.17, 15) is 4.39 Å². The zero-order valence-corrected chi connectivity index (χ0v) is 16.4. The number of rotatable bonds is 8. The molecule has 0 heterocycles. The molecule has 0 amide bonds. The van der Waals surface area contributed by atoms with Crippen LogP contribution in [0, 0.1) is 5.82 Å². The van der Waals surface area contributed by atoms with Crippen LogP contribution in [0.5, 0.6) is 5.75 Å². The molecule has 140 valence electrons. The predicted molar refractivity (Wildman–Crippen MR) is 108 cm³/mol. The Hall–Kier alpha value is -2.30. The molecule has 1 atom stereocenters. The molecule has 0 saturated heterocycles. The van der Waals surface area contributed by atoms with Crippen LogP contribution in [0.15, 0.2) is 93.5 Å². The average Bonchev–Trinajstić information content (AvgIpc) is 2.71. The van der Waals surface area contributed by atoms with Gasteiger partial charge in [-0.05, 0) is 43.3 Å². The molecule has 27 heavy (non-hydrogen) atoms. The standard InChI is InChI=1S/C23H24FO2S/c1-3-23(25-4-2)26-22-17-20(15-16-21(22)24)27(18-11-7-5-8-12-18)19-13-9-6-10-14-19/h5-17,23H,3-4H2,1-2H3/q+1. The van der Waals surface area contributed by atoms with Gasteiger partial charge in [0.2, 0.25) is 0 Å². The summed E-state index contributed by atoms with van der Waals surface area (Å²) in [5.74, 6) is -0.140. The molecule has 0 N–H and O–H groups in total. The quantitative estimate of drug-likeness (QED) is 0.347. The van der Waals surface area contributed by atoms with Crippen molar-refractivity contribution in [2.24, 2.45) is 0 Å². The minimum atomic E-state index is -0.449. The number of benzene rings is 3. The van der Waals surface area contributed by atoms with Crippen LogP contribution >= 0.6 is 0 Å². The molecular weight excluding hydrogens is 359 g/mol. The Bertz CT molecular complexity index is 800. The van der Waals surface area contributed by atoms with Crippen LogP contribution < -0.4 is 4.74 Å². The second kappa shape index (κ2) is 9.58. The van der Waals surface area contributed by atoms with E-state index in [0.717, 1.165) is 4.90 Å². The lowest BCUT2D eigenvalue weighted by Crippen LogP contribution is -2.20. The summed E-state index contributed by atoms with van der Waals surface area (Å²) in [5.41, 5.74) is 0. The first kappa shape index (κ1) is 19.5. The van der Waals surface area contributed by atoms with Gasteiger partial charge in [0, 0.05) is 19.1 Å². The Morgan fingerprint density at radius 1 is 0.815 bits per heavy atom. The van der Waals surface area contributed by atoms with Gasteiger partial charge in [0.15, 0.2) is 32.5 Å². The van der Waals surface area contributed by atoms with E-state index in [1.165, 1.54) is 15.9 Å². The van der Waals surface area contributed by atoms with Crippen molar-refractivity contribution < 1.29 is 13.9 Å². The summed E-state index contributed by atoms with van der Waals surface area (Å²) in [4.78, 5) is 3.37.